The molecular formula is C23H33NO. The molecule has 0 saturated carbocycles. The number of rotatable bonds is 10. The molecule has 0 spiro atoms. The number of ether oxygens (including phenoxy) is 1. The minimum atomic E-state index is 0.822. The van der Waals surface area contributed by atoms with Crippen molar-refractivity contribution in [3.05, 3.63) is 58.7 Å². The van der Waals surface area contributed by atoms with Crippen LogP contribution in [0.15, 0.2) is 36.4 Å². The van der Waals surface area contributed by atoms with Crippen LogP contribution in [0.3, 0.4) is 0 Å². The van der Waals surface area contributed by atoms with Gasteiger partial charge in [0.1, 0.15) is 5.75 Å². The SMILES string of the molecule is CCCCCCCOc1ccc(CNc2c(C)cc(C)cc2C)cc1. The number of aryl methyl sites for hydroxylation is 3. The first kappa shape index (κ1) is 19.4. The Kier molecular flexibility index (Phi) is 7.84. The quantitative estimate of drug-likeness (QED) is 0.494. The highest BCUT2D eigenvalue weighted by Gasteiger charge is 2.04. The number of unbranched alkanes of at least 4 members (excludes halogenated alkanes) is 4. The van der Waals surface area contributed by atoms with Crippen LogP contribution in [-0.2, 0) is 6.54 Å². The van der Waals surface area contributed by atoms with Crippen LogP contribution < -0.4 is 10.1 Å². The van der Waals surface area contributed by atoms with E-state index in [0.29, 0.717) is 0 Å². The third kappa shape index (κ3) is 6.45. The summed E-state index contributed by atoms with van der Waals surface area (Å²) in [5.41, 5.74) is 6.45. The molecule has 2 heteroatoms. The lowest BCUT2D eigenvalue weighted by atomic mass is 10.0. The zero-order chi connectivity index (χ0) is 18.1. The smallest absolute Gasteiger partial charge is 0.119 e. The van der Waals surface area contributed by atoms with Crippen molar-refractivity contribution >= 4 is 5.69 Å². The number of benzene rings is 2. The van der Waals surface area contributed by atoms with E-state index in [1.165, 1.54) is 53.6 Å². The van der Waals surface area contributed by atoms with Crippen LogP contribution in [0, 0.1) is 20.8 Å². The molecule has 2 aromatic carbocycles. The van der Waals surface area contributed by atoms with Gasteiger partial charge in [0.2, 0.25) is 0 Å². The maximum Gasteiger partial charge on any atom is 0.119 e. The minimum absolute atomic E-state index is 0.822. The topological polar surface area (TPSA) is 21.3 Å². The molecule has 2 nitrogen and oxygen atoms in total. The van der Waals surface area contributed by atoms with Crippen molar-refractivity contribution in [2.75, 3.05) is 11.9 Å². The lowest BCUT2D eigenvalue weighted by Gasteiger charge is -2.14. The molecule has 0 aliphatic rings. The van der Waals surface area contributed by atoms with Crippen LogP contribution in [0.4, 0.5) is 5.69 Å². The molecule has 0 atom stereocenters. The minimum Gasteiger partial charge on any atom is -0.494 e. The van der Waals surface area contributed by atoms with Crippen molar-refractivity contribution in [3.8, 4) is 5.75 Å². The summed E-state index contributed by atoms with van der Waals surface area (Å²) in [6.45, 7) is 10.4. The molecule has 0 fully saturated rings. The van der Waals surface area contributed by atoms with E-state index in [1.807, 2.05) is 0 Å². The highest BCUT2D eigenvalue weighted by Crippen LogP contribution is 2.23. The average molecular weight is 340 g/mol. The van der Waals surface area contributed by atoms with E-state index in [2.05, 4.69) is 69.4 Å². The highest BCUT2D eigenvalue weighted by atomic mass is 16.5. The Labute approximate surface area is 153 Å². The number of anilines is 1. The number of hydrogen-bond donors (Lipinski definition) is 1. The van der Waals surface area contributed by atoms with E-state index in [1.54, 1.807) is 0 Å². The second-order valence-corrected chi connectivity index (χ2v) is 7.03. The zero-order valence-electron chi connectivity index (χ0n) is 16.3. The number of hydrogen-bond acceptors (Lipinski definition) is 2. The molecule has 0 heterocycles. The van der Waals surface area contributed by atoms with Gasteiger partial charge in [-0.1, -0.05) is 62.4 Å². The Bertz CT molecular complexity index is 623. The standard InChI is InChI=1S/C23H33NO/c1-5-6-7-8-9-14-25-22-12-10-21(11-13-22)17-24-23-19(3)15-18(2)16-20(23)4/h10-13,15-16,24H,5-9,14,17H2,1-4H3. The molecule has 0 aromatic heterocycles. The summed E-state index contributed by atoms with van der Waals surface area (Å²) in [4.78, 5) is 0. The van der Waals surface area contributed by atoms with Crippen molar-refractivity contribution in [1.29, 1.82) is 0 Å². The molecule has 0 saturated heterocycles. The van der Waals surface area contributed by atoms with Gasteiger partial charge in [0.15, 0.2) is 0 Å². The van der Waals surface area contributed by atoms with Crippen LogP contribution in [0.1, 0.15) is 61.3 Å². The fraction of sp³-hybridized carbons (Fsp3) is 0.478. The van der Waals surface area contributed by atoms with E-state index in [0.717, 1.165) is 25.3 Å². The number of nitrogens with one attached hydrogen (secondary N) is 1. The van der Waals surface area contributed by atoms with Crippen molar-refractivity contribution < 1.29 is 4.74 Å². The van der Waals surface area contributed by atoms with Crippen molar-refractivity contribution in [2.24, 2.45) is 0 Å². The fourth-order valence-electron chi connectivity index (χ4n) is 3.25. The molecule has 0 bridgehead atoms. The van der Waals surface area contributed by atoms with Gasteiger partial charge in [0.05, 0.1) is 6.61 Å². The molecular weight excluding hydrogens is 306 g/mol. The summed E-state index contributed by atoms with van der Waals surface area (Å²) in [7, 11) is 0. The predicted octanol–water partition coefficient (Wildman–Crippen LogP) is 6.57. The Hall–Kier alpha value is -1.96. The lowest BCUT2D eigenvalue weighted by Crippen LogP contribution is -2.03. The van der Waals surface area contributed by atoms with Gasteiger partial charge in [-0.25, -0.2) is 0 Å². The Morgan fingerprint density at radius 2 is 1.48 bits per heavy atom. The highest BCUT2D eigenvalue weighted by molar-refractivity contribution is 5.58. The molecule has 2 aromatic rings. The van der Waals surface area contributed by atoms with Gasteiger partial charge in [-0.3, -0.25) is 0 Å². The molecule has 2 rings (SSSR count). The molecule has 0 unspecified atom stereocenters. The first-order valence-corrected chi connectivity index (χ1v) is 9.63. The second kappa shape index (κ2) is 10.1. The van der Waals surface area contributed by atoms with Gasteiger partial charge in [-0.2, -0.15) is 0 Å². The molecule has 1 N–H and O–H groups in total. The van der Waals surface area contributed by atoms with Crippen LogP contribution in [-0.4, -0.2) is 6.61 Å². The van der Waals surface area contributed by atoms with Crippen LogP contribution in [0.5, 0.6) is 5.75 Å². The van der Waals surface area contributed by atoms with Crippen LogP contribution in [0.2, 0.25) is 0 Å². The van der Waals surface area contributed by atoms with E-state index in [4.69, 9.17) is 4.74 Å². The molecule has 0 amide bonds. The van der Waals surface area contributed by atoms with Crippen molar-refractivity contribution in [2.45, 2.75) is 66.3 Å². The maximum atomic E-state index is 5.83. The fourth-order valence-corrected chi connectivity index (χ4v) is 3.25. The summed E-state index contributed by atoms with van der Waals surface area (Å²) in [6, 6.07) is 12.9. The predicted molar refractivity (Wildman–Crippen MR) is 109 cm³/mol. The van der Waals surface area contributed by atoms with Gasteiger partial charge in [0.25, 0.3) is 0 Å². The van der Waals surface area contributed by atoms with Crippen molar-refractivity contribution in [1.82, 2.24) is 0 Å². The van der Waals surface area contributed by atoms with E-state index in [-0.39, 0.29) is 0 Å². The summed E-state index contributed by atoms with van der Waals surface area (Å²) in [5.74, 6) is 0.974. The van der Waals surface area contributed by atoms with Gasteiger partial charge in [-0.05, 0) is 56.0 Å². The third-order valence-electron chi connectivity index (χ3n) is 4.59. The van der Waals surface area contributed by atoms with Gasteiger partial charge in [0, 0.05) is 12.2 Å². The Balaban J connectivity index is 1.79. The summed E-state index contributed by atoms with van der Waals surface area (Å²) in [6.07, 6.45) is 6.36. The Morgan fingerprint density at radius 1 is 0.840 bits per heavy atom. The normalized spacial score (nSPS) is 10.7. The largest absolute Gasteiger partial charge is 0.494 e. The molecule has 0 radical (unpaired) electrons. The average Bonchev–Trinajstić information content (AvgIpc) is 2.58. The van der Waals surface area contributed by atoms with Crippen LogP contribution >= 0.6 is 0 Å². The third-order valence-corrected chi connectivity index (χ3v) is 4.59. The maximum absolute atomic E-state index is 5.83. The van der Waals surface area contributed by atoms with Gasteiger partial charge in [-0.15, -0.1) is 0 Å². The molecule has 0 aliphatic heterocycles. The summed E-state index contributed by atoms with van der Waals surface area (Å²) < 4.78 is 5.83. The van der Waals surface area contributed by atoms with E-state index < -0.39 is 0 Å². The molecule has 136 valence electrons. The zero-order valence-corrected chi connectivity index (χ0v) is 16.3. The van der Waals surface area contributed by atoms with E-state index in [9.17, 15) is 0 Å². The van der Waals surface area contributed by atoms with Gasteiger partial charge < -0.3 is 10.1 Å². The lowest BCUT2D eigenvalue weighted by molar-refractivity contribution is 0.304. The first-order valence-electron chi connectivity index (χ1n) is 9.63. The van der Waals surface area contributed by atoms with Gasteiger partial charge >= 0.3 is 0 Å². The molecule has 25 heavy (non-hydrogen) atoms. The Morgan fingerprint density at radius 3 is 2.12 bits per heavy atom. The van der Waals surface area contributed by atoms with Crippen molar-refractivity contribution in [3.63, 3.8) is 0 Å². The summed E-state index contributed by atoms with van der Waals surface area (Å²) in [5, 5.41) is 3.58. The monoisotopic (exact) mass is 339 g/mol. The second-order valence-electron chi connectivity index (χ2n) is 7.03. The van der Waals surface area contributed by atoms with Crippen LogP contribution in [0.25, 0.3) is 0 Å². The summed E-state index contributed by atoms with van der Waals surface area (Å²) >= 11 is 0. The first-order chi connectivity index (χ1) is 12.1. The molecule has 0 aliphatic carbocycles. The van der Waals surface area contributed by atoms with E-state index >= 15 is 0 Å².